The maximum Gasteiger partial charge on any atom is 0.339 e. The summed E-state index contributed by atoms with van der Waals surface area (Å²) in [5.74, 6) is 0.396. The molecule has 0 bridgehead atoms. The maximum atomic E-state index is 11.9. The largest absolute Gasteiger partial charge is 0.478 e. The molecule has 2 aromatic heterocycles. The highest BCUT2D eigenvalue weighted by atomic mass is 16.4. The summed E-state index contributed by atoms with van der Waals surface area (Å²) in [7, 11) is 0. The lowest BCUT2D eigenvalue weighted by molar-refractivity contribution is 0.0697. The van der Waals surface area contributed by atoms with Crippen LogP contribution in [0.4, 0.5) is 11.5 Å². The quantitative estimate of drug-likeness (QED) is 0.347. The van der Waals surface area contributed by atoms with Crippen molar-refractivity contribution in [1.29, 1.82) is 0 Å². The van der Waals surface area contributed by atoms with Crippen LogP contribution in [0.15, 0.2) is 67.0 Å². The summed E-state index contributed by atoms with van der Waals surface area (Å²) < 4.78 is 2.30. The Hall–Kier alpha value is -3.60. The molecular weight excluding hydrogens is 398 g/mol. The van der Waals surface area contributed by atoms with Crippen molar-refractivity contribution in [1.82, 2.24) is 9.55 Å². The van der Waals surface area contributed by atoms with E-state index in [0.29, 0.717) is 17.7 Å². The number of carboxylic acid groups (broad SMARTS) is 1. The third-order valence-electron chi connectivity index (χ3n) is 5.96. The lowest BCUT2D eigenvalue weighted by atomic mass is 10.0. The number of anilines is 2. The van der Waals surface area contributed by atoms with E-state index in [0.717, 1.165) is 47.2 Å². The number of carboxylic acids is 1. The van der Waals surface area contributed by atoms with Crippen molar-refractivity contribution in [3.05, 3.63) is 78.1 Å². The molecule has 1 aliphatic carbocycles. The summed E-state index contributed by atoms with van der Waals surface area (Å²) in [4.78, 5) is 16.4. The molecule has 0 atom stereocenters. The molecule has 2 N–H and O–H groups in total. The molecule has 0 unspecified atom stereocenters. The molecule has 5 rings (SSSR count). The van der Waals surface area contributed by atoms with Crippen molar-refractivity contribution < 1.29 is 9.90 Å². The van der Waals surface area contributed by atoms with Gasteiger partial charge in [0.15, 0.2) is 0 Å². The van der Waals surface area contributed by atoms with E-state index in [1.54, 1.807) is 6.07 Å². The minimum Gasteiger partial charge on any atom is -0.478 e. The SMILES string of the molecule is CC(C)Cn1ccc2cc(Nc3ncc(C4CC4)cc3C(=O)O)cc(-c3ccccc3)c21. The van der Waals surface area contributed by atoms with Gasteiger partial charge in [-0.1, -0.05) is 44.2 Å². The molecule has 1 aliphatic rings. The number of fused-ring (bicyclic) bond motifs is 1. The van der Waals surface area contributed by atoms with Crippen LogP contribution in [-0.2, 0) is 6.54 Å². The molecule has 2 aromatic carbocycles. The second-order valence-corrected chi connectivity index (χ2v) is 9.06. The van der Waals surface area contributed by atoms with Crippen molar-refractivity contribution in [3.63, 3.8) is 0 Å². The molecule has 0 spiro atoms. The molecule has 0 amide bonds. The zero-order valence-electron chi connectivity index (χ0n) is 18.4. The summed E-state index contributed by atoms with van der Waals surface area (Å²) in [5, 5.41) is 14.2. The molecule has 32 heavy (non-hydrogen) atoms. The van der Waals surface area contributed by atoms with E-state index in [1.807, 2.05) is 24.4 Å². The maximum absolute atomic E-state index is 11.9. The monoisotopic (exact) mass is 425 g/mol. The van der Waals surface area contributed by atoms with Gasteiger partial charge in [0.2, 0.25) is 0 Å². The smallest absolute Gasteiger partial charge is 0.339 e. The van der Waals surface area contributed by atoms with Crippen LogP contribution in [0.1, 0.15) is 48.5 Å². The first-order chi connectivity index (χ1) is 15.5. The van der Waals surface area contributed by atoms with Crippen molar-refractivity contribution in [3.8, 4) is 11.1 Å². The fourth-order valence-electron chi connectivity index (χ4n) is 4.32. The fourth-order valence-corrected chi connectivity index (χ4v) is 4.32. The molecule has 0 saturated heterocycles. The zero-order chi connectivity index (χ0) is 22.2. The van der Waals surface area contributed by atoms with Gasteiger partial charge in [0.1, 0.15) is 11.4 Å². The summed E-state index contributed by atoms with van der Waals surface area (Å²) in [6.45, 7) is 5.37. The third kappa shape index (κ3) is 3.98. The first-order valence-corrected chi connectivity index (χ1v) is 11.2. The Bertz CT molecular complexity index is 1290. The van der Waals surface area contributed by atoms with Crippen LogP contribution in [0.25, 0.3) is 22.0 Å². The van der Waals surface area contributed by atoms with Crippen LogP contribution in [-0.4, -0.2) is 20.6 Å². The standard InChI is InChI=1S/C27H27N3O2/c1-17(2)16-30-11-10-20-12-22(14-23(25(20)30)19-6-4-3-5-7-19)29-26-24(27(31)32)13-21(15-28-26)18-8-9-18/h3-7,10-15,17-18H,8-9,16H2,1-2H3,(H,28,29)(H,31,32). The minimum absolute atomic E-state index is 0.216. The lowest BCUT2D eigenvalue weighted by Gasteiger charge is -2.15. The predicted octanol–water partition coefficient (Wildman–Crippen LogP) is 6.68. The Balaban J connectivity index is 1.61. The Morgan fingerprint density at radius 2 is 1.94 bits per heavy atom. The zero-order valence-corrected chi connectivity index (χ0v) is 18.4. The molecule has 5 heteroatoms. The molecular formula is C27H27N3O2. The highest BCUT2D eigenvalue weighted by Gasteiger charge is 2.26. The molecule has 1 fully saturated rings. The Morgan fingerprint density at radius 1 is 1.16 bits per heavy atom. The van der Waals surface area contributed by atoms with Gasteiger partial charge in [-0.25, -0.2) is 9.78 Å². The van der Waals surface area contributed by atoms with Gasteiger partial charge in [0.25, 0.3) is 0 Å². The molecule has 5 nitrogen and oxygen atoms in total. The van der Waals surface area contributed by atoms with E-state index in [-0.39, 0.29) is 5.56 Å². The fraction of sp³-hybridized carbons (Fsp3) is 0.259. The molecule has 162 valence electrons. The normalized spacial score (nSPS) is 13.6. The number of hydrogen-bond donors (Lipinski definition) is 2. The second-order valence-electron chi connectivity index (χ2n) is 9.06. The molecule has 1 saturated carbocycles. The number of hydrogen-bond acceptors (Lipinski definition) is 3. The van der Waals surface area contributed by atoms with Gasteiger partial charge in [0, 0.05) is 35.6 Å². The average Bonchev–Trinajstić information content (AvgIpc) is 3.56. The number of pyridine rings is 1. The number of aromatic nitrogens is 2. The van der Waals surface area contributed by atoms with Gasteiger partial charge in [-0.05, 0) is 60.1 Å². The summed E-state index contributed by atoms with van der Waals surface area (Å²) in [6, 6.07) is 18.4. The molecule has 0 radical (unpaired) electrons. The number of aromatic carboxylic acids is 1. The van der Waals surface area contributed by atoms with E-state index >= 15 is 0 Å². The van der Waals surface area contributed by atoms with E-state index in [1.165, 1.54) is 5.52 Å². The van der Waals surface area contributed by atoms with Crippen LogP contribution in [0, 0.1) is 5.92 Å². The van der Waals surface area contributed by atoms with Crippen LogP contribution in [0.5, 0.6) is 0 Å². The van der Waals surface area contributed by atoms with Crippen LogP contribution in [0.2, 0.25) is 0 Å². The van der Waals surface area contributed by atoms with Gasteiger partial charge in [-0.2, -0.15) is 0 Å². The Kier molecular flexibility index (Phi) is 5.17. The van der Waals surface area contributed by atoms with Crippen LogP contribution < -0.4 is 5.32 Å². The summed E-state index contributed by atoms with van der Waals surface area (Å²) in [6.07, 6.45) is 6.16. The summed E-state index contributed by atoms with van der Waals surface area (Å²) in [5.41, 5.74) is 5.48. The first-order valence-electron chi connectivity index (χ1n) is 11.2. The second kappa shape index (κ2) is 8.15. The van der Waals surface area contributed by atoms with Crippen molar-refractivity contribution in [2.24, 2.45) is 5.92 Å². The average molecular weight is 426 g/mol. The Labute approximate surface area is 187 Å². The predicted molar refractivity (Wildman–Crippen MR) is 129 cm³/mol. The number of benzene rings is 2. The molecule has 2 heterocycles. The third-order valence-corrected chi connectivity index (χ3v) is 5.96. The lowest BCUT2D eigenvalue weighted by Crippen LogP contribution is -2.06. The van der Waals surface area contributed by atoms with E-state index in [2.05, 4.69) is 65.2 Å². The Morgan fingerprint density at radius 3 is 2.62 bits per heavy atom. The van der Waals surface area contributed by atoms with E-state index in [4.69, 9.17) is 0 Å². The number of carbonyl (C=O) groups is 1. The van der Waals surface area contributed by atoms with Gasteiger partial charge >= 0.3 is 5.97 Å². The van der Waals surface area contributed by atoms with E-state index in [9.17, 15) is 9.90 Å². The highest BCUT2D eigenvalue weighted by Crippen LogP contribution is 2.41. The topological polar surface area (TPSA) is 67.2 Å². The number of rotatable bonds is 7. The molecule has 0 aliphatic heterocycles. The van der Waals surface area contributed by atoms with Crippen LogP contribution >= 0.6 is 0 Å². The van der Waals surface area contributed by atoms with Gasteiger partial charge in [0.05, 0.1) is 5.52 Å². The van der Waals surface area contributed by atoms with Gasteiger partial charge in [-0.15, -0.1) is 0 Å². The van der Waals surface area contributed by atoms with Gasteiger partial charge in [-0.3, -0.25) is 0 Å². The molecule has 4 aromatic rings. The van der Waals surface area contributed by atoms with Crippen LogP contribution in [0.3, 0.4) is 0 Å². The van der Waals surface area contributed by atoms with Crippen molar-refractivity contribution in [2.45, 2.75) is 39.2 Å². The summed E-state index contributed by atoms with van der Waals surface area (Å²) >= 11 is 0. The minimum atomic E-state index is -0.963. The van der Waals surface area contributed by atoms with Crippen molar-refractivity contribution >= 4 is 28.4 Å². The van der Waals surface area contributed by atoms with E-state index < -0.39 is 5.97 Å². The number of nitrogens with zero attached hydrogens (tertiary/aromatic N) is 2. The van der Waals surface area contributed by atoms with Crippen molar-refractivity contribution in [2.75, 3.05) is 5.32 Å². The number of nitrogens with one attached hydrogen (secondary N) is 1. The first kappa shape index (κ1) is 20.3. The van der Waals surface area contributed by atoms with Gasteiger partial charge < -0.3 is 15.0 Å². The highest BCUT2D eigenvalue weighted by molar-refractivity contribution is 5.99.